The van der Waals surface area contributed by atoms with Crippen LogP contribution in [0.15, 0.2) is 0 Å². The molecule has 0 saturated carbocycles. The third-order valence-corrected chi connectivity index (χ3v) is 8.45. The Kier molecular flexibility index (Phi) is 4.71. The lowest BCUT2D eigenvalue weighted by Gasteiger charge is -2.24. The average molecular weight is 285 g/mol. The van der Waals surface area contributed by atoms with E-state index in [9.17, 15) is 22.0 Å². The van der Waals surface area contributed by atoms with Crippen molar-refractivity contribution in [2.24, 2.45) is 0 Å². The summed E-state index contributed by atoms with van der Waals surface area (Å²) in [6.07, 6.45) is 1.25. The third kappa shape index (κ3) is 2.13. The van der Waals surface area contributed by atoms with Gasteiger partial charge in [-0.1, -0.05) is 0 Å². The molecule has 0 amide bonds. The number of hydrogen-bond acceptors (Lipinski definition) is 0. The fourth-order valence-corrected chi connectivity index (χ4v) is 5.47. The van der Waals surface area contributed by atoms with E-state index in [0.29, 0.717) is 18.5 Å². The van der Waals surface area contributed by atoms with Crippen molar-refractivity contribution < 1.29 is 22.0 Å². The molecule has 0 fully saturated rings. The van der Waals surface area contributed by atoms with E-state index in [1.54, 1.807) is 20.8 Å². The number of halogens is 5. The second-order valence-corrected chi connectivity index (χ2v) is 8.65. The lowest BCUT2D eigenvalue weighted by atomic mass is 10.3. The van der Waals surface area contributed by atoms with Crippen molar-refractivity contribution in [3.63, 3.8) is 0 Å². The Bertz CT molecular complexity index is 417. The molecule has 0 nitrogen and oxygen atoms in total. The van der Waals surface area contributed by atoms with Crippen LogP contribution < -0.4 is 5.30 Å². The zero-order valence-corrected chi connectivity index (χ0v) is 11.4. The van der Waals surface area contributed by atoms with Gasteiger partial charge in [-0.05, 0) is 20.8 Å². The molecule has 0 spiro atoms. The van der Waals surface area contributed by atoms with Crippen molar-refractivity contribution in [2.75, 3.05) is 18.5 Å². The van der Waals surface area contributed by atoms with Gasteiger partial charge in [-0.15, -0.1) is 0 Å². The van der Waals surface area contributed by atoms with Crippen LogP contribution in [0.5, 0.6) is 0 Å². The fourth-order valence-electron chi connectivity index (χ4n) is 2.15. The van der Waals surface area contributed by atoms with E-state index in [-0.39, 0.29) is 0 Å². The highest BCUT2D eigenvalue weighted by molar-refractivity contribution is 7.82. The van der Waals surface area contributed by atoms with Gasteiger partial charge >= 0.3 is 0 Å². The van der Waals surface area contributed by atoms with Gasteiger partial charge in [-0.3, -0.25) is 0 Å². The lowest BCUT2D eigenvalue weighted by Crippen LogP contribution is -2.28. The quantitative estimate of drug-likeness (QED) is 0.338. The molecule has 0 saturated heterocycles. The zero-order chi connectivity index (χ0) is 14.1. The Hall–Kier alpha value is -0.700. The number of hydrogen-bond donors (Lipinski definition) is 0. The smallest absolute Gasteiger partial charge is 0.200 e. The van der Waals surface area contributed by atoms with Gasteiger partial charge in [0.25, 0.3) is 0 Å². The van der Waals surface area contributed by atoms with Crippen LogP contribution in [-0.2, 0) is 0 Å². The summed E-state index contributed by atoms with van der Waals surface area (Å²) in [6.45, 7) is 5.16. The minimum absolute atomic E-state index is 0.415. The van der Waals surface area contributed by atoms with Gasteiger partial charge in [0.1, 0.15) is 0 Å². The molecule has 1 rings (SSSR count). The SMILES string of the molecule is CC[P+](CC)(CC)c1c(F)c(F)c(F)c(F)c1F. The standard InChI is InChI=1S/C12H15F5P/c1-4-18(5-2,6-3)12-10(16)8(14)7(13)9(15)11(12)17/h4-6H2,1-3H3/q+1. The molecule has 0 atom stereocenters. The van der Waals surface area contributed by atoms with Crippen LogP contribution >= 0.6 is 7.26 Å². The first kappa shape index (κ1) is 15.4. The first-order valence-electron chi connectivity index (χ1n) is 5.74. The van der Waals surface area contributed by atoms with Crippen molar-refractivity contribution in [2.45, 2.75) is 20.8 Å². The minimum Gasteiger partial charge on any atom is -0.200 e. The molecule has 0 N–H and O–H groups in total. The maximum Gasteiger partial charge on any atom is 0.207 e. The molecule has 0 heterocycles. The Morgan fingerprint density at radius 3 is 1.17 bits per heavy atom. The molecule has 102 valence electrons. The molecular formula is C12H15F5P+. The van der Waals surface area contributed by atoms with Gasteiger partial charge in [0.15, 0.2) is 5.30 Å². The summed E-state index contributed by atoms with van der Waals surface area (Å²) in [6, 6.07) is 0. The largest absolute Gasteiger partial charge is 0.207 e. The summed E-state index contributed by atoms with van der Waals surface area (Å²) in [5, 5.41) is -0.577. The molecule has 6 heteroatoms. The normalized spacial score (nSPS) is 12.0. The minimum atomic E-state index is -2.34. The van der Waals surface area contributed by atoms with Crippen LogP contribution in [0.25, 0.3) is 0 Å². The molecule has 0 radical (unpaired) electrons. The molecule has 0 bridgehead atoms. The topological polar surface area (TPSA) is 0 Å². The average Bonchev–Trinajstić information content (AvgIpc) is 2.39. The Morgan fingerprint density at radius 1 is 0.611 bits per heavy atom. The molecule has 0 aliphatic rings. The highest BCUT2D eigenvalue weighted by Crippen LogP contribution is 2.57. The van der Waals surface area contributed by atoms with Gasteiger partial charge in [-0.2, -0.15) is 8.78 Å². The lowest BCUT2D eigenvalue weighted by molar-refractivity contribution is 0.384. The predicted octanol–water partition coefficient (Wildman–Crippen LogP) is 4.08. The summed E-state index contributed by atoms with van der Waals surface area (Å²) in [5.74, 6) is -9.10. The van der Waals surface area contributed by atoms with Crippen molar-refractivity contribution in [3.05, 3.63) is 29.1 Å². The summed E-state index contributed by atoms with van der Waals surface area (Å²) >= 11 is 0. The van der Waals surface area contributed by atoms with Crippen LogP contribution in [0, 0.1) is 29.1 Å². The molecule has 1 aromatic carbocycles. The van der Waals surface area contributed by atoms with E-state index < -0.39 is 41.7 Å². The van der Waals surface area contributed by atoms with E-state index in [1.807, 2.05) is 0 Å². The van der Waals surface area contributed by atoms with E-state index in [4.69, 9.17) is 0 Å². The van der Waals surface area contributed by atoms with Crippen LogP contribution in [0.1, 0.15) is 20.8 Å². The van der Waals surface area contributed by atoms with Gasteiger partial charge in [0.05, 0.1) is 25.7 Å². The molecule has 0 aromatic heterocycles. The van der Waals surface area contributed by atoms with Crippen LogP contribution in [0.4, 0.5) is 22.0 Å². The second kappa shape index (κ2) is 5.52. The maximum absolute atomic E-state index is 13.8. The van der Waals surface area contributed by atoms with Crippen molar-refractivity contribution in [1.29, 1.82) is 0 Å². The molecule has 0 aliphatic carbocycles. The first-order valence-corrected chi connectivity index (χ1v) is 8.08. The highest BCUT2D eigenvalue weighted by atomic mass is 31.2. The monoisotopic (exact) mass is 285 g/mol. The first-order chi connectivity index (χ1) is 8.36. The summed E-state index contributed by atoms with van der Waals surface area (Å²) < 4.78 is 66.9. The van der Waals surface area contributed by atoms with Crippen LogP contribution in [0.2, 0.25) is 0 Å². The maximum atomic E-state index is 13.8. The predicted molar refractivity (Wildman–Crippen MR) is 64.4 cm³/mol. The summed E-state index contributed by atoms with van der Waals surface area (Å²) in [4.78, 5) is 0. The number of benzene rings is 1. The van der Waals surface area contributed by atoms with Crippen molar-refractivity contribution >= 4 is 12.6 Å². The summed E-state index contributed by atoms with van der Waals surface area (Å²) in [5.41, 5.74) is 0. The van der Waals surface area contributed by atoms with E-state index in [1.165, 1.54) is 0 Å². The molecule has 18 heavy (non-hydrogen) atoms. The Balaban J connectivity index is 3.69. The summed E-state index contributed by atoms with van der Waals surface area (Å²) in [7, 11) is -2.34. The van der Waals surface area contributed by atoms with Gasteiger partial charge < -0.3 is 0 Å². The molecule has 0 unspecified atom stereocenters. The fraction of sp³-hybridized carbons (Fsp3) is 0.500. The number of rotatable bonds is 4. The second-order valence-electron chi connectivity index (χ2n) is 4.01. The van der Waals surface area contributed by atoms with Crippen molar-refractivity contribution in [1.82, 2.24) is 0 Å². The molecule has 1 aromatic rings. The Morgan fingerprint density at radius 2 is 0.889 bits per heavy atom. The molecule has 0 aliphatic heterocycles. The Labute approximate surface area is 104 Å². The van der Waals surface area contributed by atoms with Crippen LogP contribution in [0.3, 0.4) is 0 Å². The van der Waals surface area contributed by atoms with Crippen molar-refractivity contribution in [3.8, 4) is 0 Å². The zero-order valence-electron chi connectivity index (χ0n) is 10.5. The third-order valence-electron chi connectivity index (χ3n) is 3.48. The van der Waals surface area contributed by atoms with Crippen LogP contribution in [-0.4, -0.2) is 18.5 Å². The van der Waals surface area contributed by atoms with Gasteiger partial charge in [0, 0.05) is 0 Å². The highest BCUT2D eigenvalue weighted by Gasteiger charge is 2.44. The van der Waals surface area contributed by atoms with Gasteiger partial charge in [-0.25, -0.2) is 13.2 Å². The van der Waals surface area contributed by atoms with E-state index in [0.717, 1.165) is 0 Å². The van der Waals surface area contributed by atoms with E-state index in [2.05, 4.69) is 0 Å². The van der Waals surface area contributed by atoms with E-state index >= 15 is 0 Å². The molecular weight excluding hydrogens is 270 g/mol. The van der Waals surface area contributed by atoms with Gasteiger partial charge in [0.2, 0.25) is 29.1 Å².